The molecule has 0 unspecified atom stereocenters. The lowest BCUT2D eigenvalue weighted by atomic mass is 9.74. The second-order valence-corrected chi connectivity index (χ2v) is 11.1. The molecule has 0 spiro atoms. The smallest absolute Gasteiger partial charge is 0.416 e. The maximum absolute atomic E-state index is 13.3. The highest BCUT2D eigenvalue weighted by Crippen LogP contribution is 2.45. The van der Waals surface area contributed by atoms with Crippen LogP contribution in [0.2, 0.25) is 0 Å². The summed E-state index contributed by atoms with van der Waals surface area (Å²) in [6.07, 6.45) is -3.51. The van der Waals surface area contributed by atoms with Crippen LogP contribution in [0.15, 0.2) is 36.4 Å². The van der Waals surface area contributed by atoms with Gasteiger partial charge in [-0.25, -0.2) is 9.97 Å². The number of methoxy groups -OCH3 is 1. The molecule has 1 saturated carbocycles. The minimum absolute atomic E-state index is 0.0580. The molecule has 0 bridgehead atoms. The SMILES string of the molecule is COc1cc2nc(C)nc(N[C@H](C)c3cccc(C(F)(F)F)c3)c2cc1C1(O)CCC(C(=O)N(C)C[C@H](C)O)CC1. The number of carbonyl (C=O) groups excluding carboxylic acids is 1. The van der Waals surface area contributed by atoms with Gasteiger partial charge in [0.15, 0.2) is 0 Å². The summed E-state index contributed by atoms with van der Waals surface area (Å²) < 4.78 is 45.5. The van der Waals surface area contributed by atoms with Gasteiger partial charge in [0, 0.05) is 42.6 Å². The molecule has 0 radical (unpaired) electrons. The number of halogens is 3. The summed E-state index contributed by atoms with van der Waals surface area (Å²) in [6.45, 7) is 5.35. The molecule has 1 amide bonds. The number of hydrogen-bond donors (Lipinski definition) is 3. The molecule has 0 saturated heterocycles. The van der Waals surface area contributed by atoms with Gasteiger partial charge in [-0.3, -0.25) is 4.79 Å². The minimum Gasteiger partial charge on any atom is -0.496 e. The number of ether oxygens (including phenoxy) is 1. The van der Waals surface area contributed by atoms with Crippen molar-refractivity contribution in [3.8, 4) is 5.75 Å². The summed E-state index contributed by atoms with van der Waals surface area (Å²) in [5.41, 5.74) is -0.455. The number of anilines is 1. The quantitative estimate of drug-likeness (QED) is 0.333. The molecule has 11 heteroatoms. The van der Waals surface area contributed by atoms with Crippen LogP contribution >= 0.6 is 0 Å². The van der Waals surface area contributed by atoms with Gasteiger partial charge < -0.3 is 25.2 Å². The monoisotopic (exact) mass is 574 g/mol. The summed E-state index contributed by atoms with van der Waals surface area (Å²) >= 11 is 0. The number of aliphatic hydroxyl groups is 2. The first-order chi connectivity index (χ1) is 19.2. The molecule has 1 aliphatic rings. The van der Waals surface area contributed by atoms with Crippen LogP contribution in [0.5, 0.6) is 5.75 Å². The predicted molar refractivity (Wildman–Crippen MR) is 149 cm³/mol. The summed E-state index contributed by atoms with van der Waals surface area (Å²) in [7, 11) is 3.18. The molecule has 41 heavy (non-hydrogen) atoms. The lowest BCUT2D eigenvalue weighted by molar-refractivity contribution is -0.139. The average Bonchev–Trinajstić information content (AvgIpc) is 2.91. The molecule has 1 fully saturated rings. The second-order valence-electron chi connectivity index (χ2n) is 11.1. The van der Waals surface area contributed by atoms with E-state index in [1.807, 2.05) is 0 Å². The van der Waals surface area contributed by atoms with Gasteiger partial charge in [0.1, 0.15) is 17.4 Å². The Bertz CT molecular complexity index is 1400. The number of carbonyl (C=O) groups is 1. The molecule has 1 heterocycles. The first kappa shape index (κ1) is 30.5. The van der Waals surface area contributed by atoms with Crippen molar-refractivity contribution in [2.45, 2.75) is 70.4 Å². The van der Waals surface area contributed by atoms with Crippen LogP contribution in [0.3, 0.4) is 0 Å². The number of aryl methyl sites for hydroxylation is 1. The standard InChI is InChI=1S/C30H37F3N4O4/c1-17(38)16-37(4)28(39)20-9-11-29(40,12-10-20)24-14-23-25(15-26(24)41-5)35-19(3)36-27(23)34-18(2)21-7-6-8-22(13-21)30(31,32)33/h6-8,13-15,17-18,20,38,40H,9-12,16H2,1-5H3,(H,34,35,36)/t17-,18+,20?,29?/m0/s1. The van der Waals surface area contributed by atoms with Crippen molar-refractivity contribution < 1.29 is 32.9 Å². The molecule has 1 aliphatic carbocycles. The normalized spacial score (nSPS) is 20.9. The highest BCUT2D eigenvalue weighted by Gasteiger charge is 2.40. The van der Waals surface area contributed by atoms with Crippen molar-refractivity contribution >= 4 is 22.6 Å². The van der Waals surface area contributed by atoms with E-state index in [1.165, 1.54) is 18.1 Å². The lowest BCUT2D eigenvalue weighted by Crippen LogP contribution is -2.41. The fourth-order valence-corrected chi connectivity index (χ4v) is 5.60. The number of benzene rings is 2. The van der Waals surface area contributed by atoms with Crippen LogP contribution in [-0.2, 0) is 16.6 Å². The van der Waals surface area contributed by atoms with Gasteiger partial charge in [-0.05, 0) is 70.2 Å². The van der Waals surface area contributed by atoms with Crippen LogP contribution in [0, 0.1) is 12.8 Å². The van der Waals surface area contributed by atoms with E-state index in [1.54, 1.807) is 46.0 Å². The average molecular weight is 575 g/mol. The van der Waals surface area contributed by atoms with Crippen LogP contribution in [0.1, 0.15) is 68.1 Å². The molecule has 1 aromatic heterocycles. The van der Waals surface area contributed by atoms with Gasteiger partial charge in [0.2, 0.25) is 5.91 Å². The minimum atomic E-state index is -4.45. The Morgan fingerprint density at radius 1 is 1.20 bits per heavy atom. The van der Waals surface area contributed by atoms with Crippen LogP contribution in [0.4, 0.5) is 19.0 Å². The van der Waals surface area contributed by atoms with E-state index in [4.69, 9.17) is 4.74 Å². The number of rotatable bonds is 8. The molecule has 3 N–H and O–H groups in total. The predicted octanol–water partition coefficient (Wildman–Crippen LogP) is 5.36. The Hall–Kier alpha value is -3.44. The zero-order valence-electron chi connectivity index (χ0n) is 23.9. The summed E-state index contributed by atoms with van der Waals surface area (Å²) in [5, 5.41) is 25.3. The zero-order chi connectivity index (χ0) is 30.1. The highest BCUT2D eigenvalue weighted by atomic mass is 19.4. The number of nitrogens with one attached hydrogen (secondary N) is 1. The number of fused-ring (bicyclic) bond motifs is 1. The summed E-state index contributed by atoms with van der Waals surface area (Å²) in [5.74, 6) is 1.02. The van der Waals surface area contributed by atoms with Gasteiger partial charge in [0.25, 0.3) is 0 Å². The molecular weight excluding hydrogens is 537 g/mol. The Morgan fingerprint density at radius 2 is 1.88 bits per heavy atom. The van der Waals surface area contributed by atoms with Crippen molar-refractivity contribution in [2.24, 2.45) is 5.92 Å². The highest BCUT2D eigenvalue weighted by molar-refractivity contribution is 5.91. The number of hydrogen-bond acceptors (Lipinski definition) is 7. The largest absolute Gasteiger partial charge is 0.496 e. The molecule has 222 valence electrons. The number of likely N-dealkylation sites (N-methyl/N-ethyl adjacent to an activating group) is 1. The third-order valence-corrected chi connectivity index (χ3v) is 7.77. The number of aromatic nitrogens is 2. The van der Waals surface area contributed by atoms with E-state index in [0.717, 1.165) is 12.1 Å². The first-order valence-corrected chi connectivity index (χ1v) is 13.7. The maximum atomic E-state index is 13.3. The van der Waals surface area contributed by atoms with Gasteiger partial charge in [-0.2, -0.15) is 13.2 Å². The molecule has 0 aliphatic heterocycles. The topological polar surface area (TPSA) is 108 Å². The Kier molecular flexibility index (Phi) is 8.79. The van der Waals surface area contributed by atoms with Crippen molar-refractivity contribution in [3.05, 3.63) is 58.9 Å². The molecule has 8 nitrogen and oxygen atoms in total. The van der Waals surface area contributed by atoms with Gasteiger partial charge in [-0.1, -0.05) is 12.1 Å². The number of amides is 1. The van der Waals surface area contributed by atoms with Crippen molar-refractivity contribution in [3.63, 3.8) is 0 Å². The summed E-state index contributed by atoms with van der Waals surface area (Å²) in [4.78, 5) is 23.5. The fourth-order valence-electron chi connectivity index (χ4n) is 5.60. The Balaban J connectivity index is 1.65. The number of alkyl halides is 3. The molecule has 4 rings (SSSR count). The van der Waals surface area contributed by atoms with Gasteiger partial charge >= 0.3 is 6.18 Å². The summed E-state index contributed by atoms with van der Waals surface area (Å²) in [6, 6.07) is 8.14. The van der Waals surface area contributed by atoms with E-state index >= 15 is 0 Å². The van der Waals surface area contributed by atoms with Crippen LogP contribution < -0.4 is 10.1 Å². The maximum Gasteiger partial charge on any atom is 0.416 e. The lowest BCUT2D eigenvalue weighted by Gasteiger charge is -2.38. The third kappa shape index (κ3) is 6.73. The van der Waals surface area contributed by atoms with Crippen molar-refractivity contribution in [1.29, 1.82) is 0 Å². The van der Waals surface area contributed by atoms with Crippen LogP contribution in [-0.4, -0.2) is 57.8 Å². The third-order valence-electron chi connectivity index (χ3n) is 7.77. The molecule has 3 aromatic rings. The second kappa shape index (κ2) is 11.8. The van der Waals surface area contributed by atoms with E-state index in [2.05, 4.69) is 15.3 Å². The van der Waals surface area contributed by atoms with E-state index in [0.29, 0.717) is 65.1 Å². The molecule has 2 atom stereocenters. The fraction of sp³-hybridized carbons (Fsp3) is 0.500. The van der Waals surface area contributed by atoms with E-state index < -0.39 is 29.5 Å². The van der Waals surface area contributed by atoms with E-state index in [-0.39, 0.29) is 18.4 Å². The molecular formula is C30H37F3N4O4. The molecule has 2 aromatic carbocycles. The van der Waals surface area contributed by atoms with Crippen LogP contribution in [0.25, 0.3) is 10.9 Å². The van der Waals surface area contributed by atoms with Crippen molar-refractivity contribution in [2.75, 3.05) is 26.0 Å². The Labute approximate surface area is 237 Å². The van der Waals surface area contributed by atoms with Crippen molar-refractivity contribution in [1.82, 2.24) is 14.9 Å². The zero-order valence-corrected chi connectivity index (χ0v) is 23.9. The number of aliphatic hydroxyl groups excluding tert-OH is 1. The van der Waals surface area contributed by atoms with Gasteiger partial charge in [-0.15, -0.1) is 0 Å². The first-order valence-electron chi connectivity index (χ1n) is 13.7. The Morgan fingerprint density at radius 3 is 2.49 bits per heavy atom. The number of nitrogens with zero attached hydrogens (tertiary/aromatic N) is 3. The van der Waals surface area contributed by atoms with Gasteiger partial charge in [0.05, 0.1) is 29.9 Å². The van der Waals surface area contributed by atoms with E-state index in [9.17, 15) is 28.2 Å².